The Bertz CT molecular complexity index is 1350. The van der Waals surface area contributed by atoms with Gasteiger partial charge in [0.15, 0.2) is 0 Å². The highest BCUT2D eigenvalue weighted by atomic mass is 16.5. The minimum Gasteiger partial charge on any atom is -0.375 e. The fourth-order valence-corrected chi connectivity index (χ4v) is 3.98. The molecule has 0 unspecified atom stereocenters. The lowest BCUT2D eigenvalue weighted by Gasteiger charge is -2.11. The molecule has 0 spiro atoms. The van der Waals surface area contributed by atoms with Crippen molar-refractivity contribution in [1.29, 1.82) is 0 Å². The molecule has 0 aliphatic carbocycles. The minimum absolute atomic E-state index is 0.546. The van der Waals surface area contributed by atoms with Crippen LogP contribution in [0.4, 0.5) is 0 Å². The van der Waals surface area contributed by atoms with E-state index in [0.29, 0.717) is 12.5 Å². The number of aryl methyl sites for hydroxylation is 1. The summed E-state index contributed by atoms with van der Waals surface area (Å²) in [5.41, 5.74) is 9.30. The molecule has 0 fully saturated rings. The van der Waals surface area contributed by atoms with E-state index in [-0.39, 0.29) is 0 Å². The third-order valence-corrected chi connectivity index (χ3v) is 5.67. The van der Waals surface area contributed by atoms with Crippen LogP contribution in [-0.4, -0.2) is 25.4 Å². The fraction of sp³-hybridized carbons (Fsp3) is 0.333. The van der Waals surface area contributed by atoms with E-state index in [2.05, 4.69) is 88.3 Å². The molecule has 5 nitrogen and oxygen atoms in total. The van der Waals surface area contributed by atoms with E-state index < -0.39 is 0 Å². The van der Waals surface area contributed by atoms with Crippen LogP contribution in [0.3, 0.4) is 0 Å². The van der Waals surface area contributed by atoms with E-state index >= 15 is 0 Å². The lowest BCUT2D eigenvalue weighted by atomic mass is 10.1. The molecule has 5 heteroatoms. The summed E-state index contributed by atoms with van der Waals surface area (Å²) >= 11 is 0. The van der Waals surface area contributed by atoms with Crippen molar-refractivity contribution in [2.24, 2.45) is 0 Å². The number of pyridine rings is 2. The van der Waals surface area contributed by atoms with E-state index in [4.69, 9.17) is 4.74 Å². The van der Waals surface area contributed by atoms with Gasteiger partial charge in [0.25, 0.3) is 0 Å². The van der Waals surface area contributed by atoms with Gasteiger partial charge in [-0.3, -0.25) is 4.40 Å². The number of hydrogen-bond donors (Lipinski definition) is 0. The van der Waals surface area contributed by atoms with Crippen LogP contribution in [0.2, 0.25) is 0 Å². The lowest BCUT2D eigenvalue weighted by molar-refractivity contribution is 0.106. The van der Waals surface area contributed by atoms with Gasteiger partial charge in [0.2, 0.25) is 0 Å². The first-order chi connectivity index (χ1) is 15.6. The second-order valence-electron chi connectivity index (χ2n) is 8.19. The quantitative estimate of drug-likeness (QED) is 0.312. The topological polar surface area (TPSA) is 43.8 Å². The zero-order chi connectivity index (χ0) is 22.7. The van der Waals surface area contributed by atoms with Crippen LogP contribution in [0.5, 0.6) is 0 Å². The Morgan fingerprint density at radius 1 is 0.938 bits per heavy atom. The summed E-state index contributed by atoms with van der Waals surface area (Å²) in [6.07, 6.45) is 5.17. The molecule has 166 valence electrons. The van der Waals surface area contributed by atoms with Crippen LogP contribution in [0, 0.1) is 6.92 Å². The first-order valence-electron chi connectivity index (χ1n) is 11.5. The van der Waals surface area contributed by atoms with Crippen molar-refractivity contribution >= 4 is 22.3 Å². The van der Waals surface area contributed by atoms with E-state index in [0.717, 1.165) is 29.8 Å². The molecule has 1 aliphatic rings. The van der Waals surface area contributed by atoms with Crippen LogP contribution < -0.4 is 0 Å². The predicted octanol–water partition coefficient (Wildman–Crippen LogP) is 6.35. The maximum atomic E-state index is 5.44. The lowest BCUT2D eigenvalue weighted by Crippen LogP contribution is -2.10. The maximum absolute atomic E-state index is 5.44. The van der Waals surface area contributed by atoms with Crippen molar-refractivity contribution in [3.05, 3.63) is 83.4 Å². The number of fused-ring (bicyclic) bond motifs is 6. The summed E-state index contributed by atoms with van der Waals surface area (Å²) in [5, 5.41) is 0. The van der Waals surface area contributed by atoms with Gasteiger partial charge in [-0.05, 0) is 54.3 Å². The Balaban J connectivity index is 0.000000143. The number of para-hydroxylation sites is 2. The van der Waals surface area contributed by atoms with E-state index in [1.807, 2.05) is 26.0 Å². The van der Waals surface area contributed by atoms with Gasteiger partial charge in [-0.25, -0.2) is 9.97 Å². The molecule has 0 bridgehead atoms. The highest BCUT2D eigenvalue weighted by Gasteiger charge is 2.15. The summed E-state index contributed by atoms with van der Waals surface area (Å²) in [7, 11) is 0. The van der Waals surface area contributed by atoms with Crippen LogP contribution in [-0.2, 0) is 17.8 Å². The Hall–Kier alpha value is -3.18. The standard InChI is InChI=1S/C14H14N2.C11H12N2O.C2H6/c1-10(2)11-7-8-16-13-6-4-3-5-12(13)15-14(16)9-11;1-8-2-3-11-12-9-4-5-14-7-10(9)13(11)6-8;1-2/h3-10H,1-2H3;2-3,6H,4-5,7H2,1H3;1-2H3. The number of nitrogens with zero attached hydrogens (tertiary/aromatic N) is 4. The first kappa shape index (κ1) is 22.0. The number of benzene rings is 1. The monoisotopic (exact) mass is 428 g/mol. The molecule has 5 aromatic rings. The number of aromatic nitrogens is 4. The Kier molecular flexibility index (Phi) is 6.56. The second kappa shape index (κ2) is 9.53. The van der Waals surface area contributed by atoms with Gasteiger partial charge in [0.1, 0.15) is 11.3 Å². The molecule has 0 saturated heterocycles. The van der Waals surface area contributed by atoms with Gasteiger partial charge in [0, 0.05) is 18.8 Å². The van der Waals surface area contributed by atoms with Crippen molar-refractivity contribution < 1.29 is 4.74 Å². The van der Waals surface area contributed by atoms with Gasteiger partial charge in [0.05, 0.1) is 35.6 Å². The third kappa shape index (κ3) is 4.26. The maximum Gasteiger partial charge on any atom is 0.138 e. The summed E-state index contributed by atoms with van der Waals surface area (Å²) in [4.78, 5) is 9.20. The number of imidazole rings is 2. The average Bonchev–Trinajstić information content (AvgIpc) is 3.38. The average molecular weight is 429 g/mol. The van der Waals surface area contributed by atoms with Gasteiger partial charge in [-0.2, -0.15) is 0 Å². The van der Waals surface area contributed by atoms with Crippen LogP contribution in [0.15, 0.2) is 60.9 Å². The molecule has 1 aromatic carbocycles. The van der Waals surface area contributed by atoms with Crippen LogP contribution >= 0.6 is 0 Å². The van der Waals surface area contributed by atoms with Crippen LogP contribution in [0.25, 0.3) is 22.3 Å². The molecule has 1 aliphatic heterocycles. The highest BCUT2D eigenvalue weighted by Crippen LogP contribution is 2.21. The van der Waals surface area contributed by atoms with Crippen molar-refractivity contribution in [2.45, 2.75) is 53.6 Å². The molecule has 0 N–H and O–H groups in total. The summed E-state index contributed by atoms with van der Waals surface area (Å²) in [6.45, 7) is 12.0. The van der Waals surface area contributed by atoms with E-state index in [9.17, 15) is 0 Å². The van der Waals surface area contributed by atoms with Gasteiger partial charge in [-0.1, -0.05) is 45.9 Å². The number of hydrogen-bond acceptors (Lipinski definition) is 3. The summed E-state index contributed by atoms with van der Waals surface area (Å²) in [6, 6.07) is 16.7. The van der Waals surface area contributed by atoms with Crippen LogP contribution in [0.1, 0.15) is 56.1 Å². The van der Waals surface area contributed by atoms with Crippen molar-refractivity contribution in [3.8, 4) is 0 Å². The van der Waals surface area contributed by atoms with Crippen molar-refractivity contribution in [1.82, 2.24) is 18.8 Å². The third-order valence-electron chi connectivity index (χ3n) is 5.67. The SMILES string of the molecule is CC.CC(C)c1ccn2c(c1)nc1ccccc12.Cc1ccc2nc3c(n2c1)COCC3. The normalized spacial score (nSPS) is 12.9. The molecular weight excluding hydrogens is 396 g/mol. The minimum atomic E-state index is 0.546. The molecule has 6 rings (SSSR count). The zero-order valence-corrected chi connectivity index (χ0v) is 19.7. The Morgan fingerprint density at radius 3 is 2.56 bits per heavy atom. The van der Waals surface area contributed by atoms with Gasteiger partial charge >= 0.3 is 0 Å². The molecule has 0 amide bonds. The fourth-order valence-electron chi connectivity index (χ4n) is 3.98. The second-order valence-corrected chi connectivity index (χ2v) is 8.19. The van der Waals surface area contributed by atoms with E-state index in [1.54, 1.807) is 0 Å². The van der Waals surface area contributed by atoms with E-state index in [1.165, 1.54) is 28.0 Å². The molecule has 0 saturated carbocycles. The van der Waals surface area contributed by atoms with Crippen molar-refractivity contribution in [2.75, 3.05) is 6.61 Å². The molecule has 32 heavy (non-hydrogen) atoms. The van der Waals surface area contributed by atoms with Gasteiger partial charge in [-0.15, -0.1) is 0 Å². The number of rotatable bonds is 1. The largest absolute Gasteiger partial charge is 0.375 e. The molecule has 5 heterocycles. The molecule has 0 atom stereocenters. The first-order valence-corrected chi connectivity index (χ1v) is 11.5. The summed E-state index contributed by atoms with van der Waals surface area (Å²) < 4.78 is 9.72. The Morgan fingerprint density at radius 2 is 1.75 bits per heavy atom. The van der Waals surface area contributed by atoms with Crippen molar-refractivity contribution in [3.63, 3.8) is 0 Å². The molecular formula is C27H32N4O. The predicted molar refractivity (Wildman–Crippen MR) is 131 cm³/mol. The molecule has 0 radical (unpaired) electrons. The zero-order valence-electron chi connectivity index (χ0n) is 19.7. The number of ether oxygens (including phenoxy) is 1. The summed E-state index contributed by atoms with van der Waals surface area (Å²) in [5.74, 6) is 0.546. The molecule has 4 aromatic heterocycles. The van der Waals surface area contributed by atoms with Gasteiger partial charge < -0.3 is 9.14 Å². The Labute approximate surface area is 189 Å². The smallest absolute Gasteiger partial charge is 0.138 e. The highest BCUT2D eigenvalue weighted by molar-refractivity contribution is 5.80.